The number of carbonyl (C=O) groups excluding carboxylic acids is 1. The minimum atomic E-state index is -0.296. The molecule has 0 aliphatic carbocycles. The molecule has 4 nitrogen and oxygen atoms in total. The highest BCUT2D eigenvalue weighted by molar-refractivity contribution is 9.11. The van der Waals surface area contributed by atoms with Gasteiger partial charge in [-0.1, -0.05) is 45.7 Å². The molecule has 0 saturated heterocycles. The van der Waals surface area contributed by atoms with Crippen LogP contribution in [0.4, 0.5) is 11.4 Å². The maximum Gasteiger partial charge on any atom is 0.257 e. The van der Waals surface area contributed by atoms with Crippen molar-refractivity contribution in [2.24, 2.45) is 4.99 Å². The second kappa shape index (κ2) is 8.69. The Balaban J connectivity index is 1.80. The summed E-state index contributed by atoms with van der Waals surface area (Å²) < 4.78 is 1.38. The first kappa shape index (κ1) is 19.6. The molecule has 1 amide bonds. The van der Waals surface area contributed by atoms with E-state index in [1.54, 1.807) is 66.9 Å². The van der Waals surface area contributed by atoms with Crippen LogP contribution in [0, 0.1) is 0 Å². The van der Waals surface area contributed by atoms with E-state index in [-0.39, 0.29) is 11.7 Å². The van der Waals surface area contributed by atoms with E-state index >= 15 is 0 Å². The number of phenolic OH excluding ortho intramolecular Hbond substituents is 1. The molecule has 0 atom stereocenters. The molecular weight excluding hydrogens is 495 g/mol. The lowest BCUT2D eigenvalue weighted by Crippen LogP contribution is -2.12. The number of rotatable bonds is 4. The number of benzene rings is 3. The topological polar surface area (TPSA) is 61.7 Å². The predicted octanol–water partition coefficient (Wildman–Crippen LogP) is 6.57. The lowest BCUT2D eigenvalue weighted by atomic mass is 10.2. The maximum atomic E-state index is 12.4. The van der Waals surface area contributed by atoms with E-state index in [1.165, 1.54) is 0 Å². The molecule has 2 N–H and O–H groups in total. The second-order valence-electron chi connectivity index (χ2n) is 5.57. The van der Waals surface area contributed by atoms with Gasteiger partial charge < -0.3 is 10.4 Å². The number of carbonyl (C=O) groups is 1. The summed E-state index contributed by atoms with van der Waals surface area (Å²) in [6, 6.07) is 17.4. The van der Waals surface area contributed by atoms with Gasteiger partial charge in [-0.15, -0.1) is 0 Å². The third-order valence-corrected chi connectivity index (χ3v) is 5.02. The molecule has 0 spiro atoms. The summed E-state index contributed by atoms with van der Waals surface area (Å²) in [4.78, 5) is 16.7. The largest absolute Gasteiger partial charge is 0.506 e. The van der Waals surface area contributed by atoms with Crippen LogP contribution < -0.4 is 5.32 Å². The van der Waals surface area contributed by atoms with Crippen LogP contribution in [0.2, 0.25) is 5.02 Å². The van der Waals surface area contributed by atoms with Gasteiger partial charge in [0.2, 0.25) is 0 Å². The van der Waals surface area contributed by atoms with Crippen LogP contribution in [0.3, 0.4) is 0 Å². The van der Waals surface area contributed by atoms with Gasteiger partial charge >= 0.3 is 0 Å². The lowest BCUT2D eigenvalue weighted by Gasteiger charge is -2.07. The number of nitrogens with one attached hydrogen (secondary N) is 1. The zero-order valence-electron chi connectivity index (χ0n) is 13.8. The highest BCUT2D eigenvalue weighted by Crippen LogP contribution is 2.31. The number of aromatic hydroxyl groups is 1. The molecule has 0 fully saturated rings. The van der Waals surface area contributed by atoms with Crippen molar-refractivity contribution in [3.8, 4) is 5.75 Å². The van der Waals surface area contributed by atoms with Crippen molar-refractivity contribution in [1.29, 1.82) is 0 Å². The molecule has 136 valence electrons. The third-order valence-electron chi connectivity index (χ3n) is 3.63. The monoisotopic (exact) mass is 506 g/mol. The van der Waals surface area contributed by atoms with E-state index in [0.29, 0.717) is 32.0 Å². The van der Waals surface area contributed by atoms with Gasteiger partial charge in [0.1, 0.15) is 5.75 Å². The summed E-state index contributed by atoms with van der Waals surface area (Å²) in [6.45, 7) is 0. The Morgan fingerprint density at radius 1 is 1.07 bits per heavy atom. The number of nitrogens with zero attached hydrogens (tertiary/aromatic N) is 1. The molecule has 0 heterocycles. The normalized spacial score (nSPS) is 10.9. The fourth-order valence-corrected chi connectivity index (χ4v) is 3.82. The van der Waals surface area contributed by atoms with Crippen molar-refractivity contribution in [3.63, 3.8) is 0 Å². The van der Waals surface area contributed by atoms with E-state index in [9.17, 15) is 9.90 Å². The number of anilines is 1. The molecule has 3 aromatic carbocycles. The van der Waals surface area contributed by atoms with E-state index in [1.807, 2.05) is 0 Å². The van der Waals surface area contributed by atoms with Gasteiger partial charge in [0.15, 0.2) is 0 Å². The van der Waals surface area contributed by atoms with E-state index in [2.05, 4.69) is 42.2 Å². The summed E-state index contributed by atoms with van der Waals surface area (Å²) >= 11 is 12.7. The lowest BCUT2D eigenvalue weighted by molar-refractivity contribution is 0.102. The van der Waals surface area contributed by atoms with Gasteiger partial charge in [-0.3, -0.25) is 9.79 Å². The minimum Gasteiger partial charge on any atom is -0.506 e. The van der Waals surface area contributed by atoms with Gasteiger partial charge in [0, 0.05) is 21.9 Å². The van der Waals surface area contributed by atoms with Crippen molar-refractivity contribution in [2.45, 2.75) is 0 Å². The summed E-state index contributed by atoms with van der Waals surface area (Å²) in [6.07, 6.45) is 1.56. The SMILES string of the molecule is O=C(Nc1cccc(N=Cc2cc(Br)cc(Br)c2O)c1)c1ccccc1Cl. The summed E-state index contributed by atoms with van der Waals surface area (Å²) in [5, 5.41) is 13.3. The Hall–Kier alpha value is -2.15. The van der Waals surface area contributed by atoms with Crippen LogP contribution >= 0.6 is 43.5 Å². The van der Waals surface area contributed by atoms with Crippen molar-refractivity contribution in [1.82, 2.24) is 0 Å². The molecule has 0 aliphatic rings. The van der Waals surface area contributed by atoms with Gasteiger partial charge in [-0.2, -0.15) is 0 Å². The van der Waals surface area contributed by atoms with Crippen molar-refractivity contribution in [2.75, 3.05) is 5.32 Å². The van der Waals surface area contributed by atoms with Crippen molar-refractivity contribution in [3.05, 3.63) is 85.8 Å². The molecule has 0 aromatic heterocycles. The first-order valence-electron chi connectivity index (χ1n) is 7.82. The number of halogens is 3. The van der Waals surface area contributed by atoms with Crippen LogP contribution in [0.15, 0.2) is 74.6 Å². The first-order valence-corrected chi connectivity index (χ1v) is 9.78. The number of aliphatic imine (C=N–C) groups is 1. The Bertz CT molecular complexity index is 1040. The minimum absolute atomic E-state index is 0.102. The molecule has 0 radical (unpaired) electrons. The quantitative estimate of drug-likeness (QED) is 0.392. The molecule has 3 aromatic rings. The first-order chi connectivity index (χ1) is 12.9. The fourth-order valence-electron chi connectivity index (χ4n) is 2.34. The third kappa shape index (κ3) is 4.97. The average molecular weight is 509 g/mol. The highest BCUT2D eigenvalue weighted by Gasteiger charge is 2.10. The molecule has 0 bridgehead atoms. The molecular formula is C20H13Br2ClN2O2. The van der Waals surface area contributed by atoms with Gasteiger partial charge in [0.05, 0.1) is 20.7 Å². The average Bonchev–Trinajstić information content (AvgIpc) is 2.64. The number of phenols is 1. The second-order valence-corrected chi connectivity index (χ2v) is 7.75. The van der Waals surface area contributed by atoms with Crippen LogP contribution in [-0.2, 0) is 0 Å². The zero-order valence-corrected chi connectivity index (χ0v) is 17.7. The Morgan fingerprint density at radius 2 is 1.85 bits per heavy atom. The Labute approximate surface area is 178 Å². The summed E-state index contributed by atoms with van der Waals surface area (Å²) in [7, 11) is 0. The number of hydrogen-bond donors (Lipinski definition) is 2. The molecule has 27 heavy (non-hydrogen) atoms. The zero-order chi connectivity index (χ0) is 19.4. The molecule has 3 rings (SSSR count). The highest BCUT2D eigenvalue weighted by atomic mass is 79.9. The Morgan fingerprint density at radius 3 is 2.63 bits per heavy atom. The molecule has 0 saturated carbocycles. The Kier molecular flexibility index (Phi) is 6.31. The molecule has 7 heteroatoms. The summed E-state index contributed by atoms with van der Waals surface area (Å²) in [5.41, 5.74) is 2.18. The van der Waals surface area contributed by atoms with Gasteiger partial charge in [-0.05, 0) is 58.4 Å². The van der Waals surface area contributed by atoms with Crippen molar-refractivity contribution >= 4 is 67.0 Å². The smallest absolute Gasteiger partial charge is 0.257 e. The van der Waals surface area contributed by atoms with Crippen LogP contribution in [-0.4, -0.2) is 17.2 Å². The van der Waals surface area contributed by atoms with E-state index in [4.69, 9.17) is 11.6 Å². The fraction of sp³-hybridized carbons (Fsp3) is 0. The molecule has 0 aliphatic heterocycles. The number of amides is 1. The maximum absolute atomic E-state index is 12.4. The van der Waals surface area contributed by atoms with Crippen LogP contribution in [0.5, 0.6) is 5.75 Å². The van der Waals surface area contributed by atoms with Crippen LogP contribution in [0.1, 0.15) is 15.9 Å². The standard InChI is InChI=1S/C20H13Br2ClN2O2/c21-13-8-12(19(26)17(22)9-13)11-24-14-4-3-5-15(10-14)25-20(27)16-6-1-2-7-18(16)23/h1-11,26H,(H,25,27). The predicted molar refractivity (Wildman–Crippen MR) is 117 cm³/mol. The number of hydrogen-bond acceptors (Lipinski definition) is 3. The van der Waals surface area contributed by atoms with Gasteiger partial charge in [0.25, 0.3) is 5.91 Å². The van der Waals surface area contributed by atoms with Gasteiger partial charge in [-0.25, -0.2) is 0 Å². The van der Waals surface area contributed by atoms with Crippen molar-refractivity contribution < 1.29 is 9.90 Å². The molecule has 0 unspecified atom stereocenters. The van der Waals surface area contributed by atoms with Crippen LogP contribution in [0.25, 0.3) is 0 Å². The van der Waals surface area contributed by atoms with E-state index < -0.39 is 0 Å². The van der Waals surface area contributed by atoms with E-state index in [0.717, 1.165) is 4.47 Å². The summed E-state index contributed by atoms with van der Waals surface area (Å²) in [5.74, 6) is -0.194.